The highest BCUT2D eigenvalue weighted by Gasteiger charge is 2.12. The molecular weight excluding hydrogens is 162 g/mol. The fraction of sp³-hybridized carbons (Fsp3) is 0.545. The van der Waals surface area contributed by atoms with Gasteiger partial charge in [-0.2, -0.15) is 0 Å². The number of allylic oxidation sites excluding steroid dienone is 1. The van der Waals surface area contributed by atoms with Crippen molar-refractivity contribution in [2.75, 3.05) is 13.6 Å². The first-order chi connectivity index (χ1) is 6.02. The number of hydrogen-bond acceptors (Lipinski definition) is 2. The largest absolute Gasteiger partial charge is 0.299 e. The van der Waals surface area contributed by atoms with Gasteiger partial charge in [-0.15, -0.1) is 0 Å². The van der Waals surface area contributed by atoms with Crippen LogP contribution in [0.2, 0.25) is 0 Å². The van der Waals surface area contributed by atoms with E-state index in [1.54, 1.807) is 6.92 Å². The number of Topliss-reactive ketones (excluding diaryl/α,β-unsaturated/α-hetero) is 1. The number of ketones is 1. The third-order valence-corrected chi connectivity index (χ3v) is 2.18. The van der Waals surface area contributed by atoms with Crippen LogP contribution < -0.4 is 0 Å². The van der Waals surface area contributed by atoms with E-state index in [2.05, 4.69) is 13.5 Å². The monoisotopic (exact) mass is 181 g/mol. The summed E-state index contributed by atoms with van der Waals surface area (Å²) in [5, 5.41) is 0. The third-order valence-electron chi connectivity index (χ3n) is 2.18. The van der Waals surface area contributed by atoms with Crippen LogP contribution in [0.15, 0.2) is 24.3 Å². The second-order valence-corrected chi connectivity index (χ2v) is 3.29. The number of carbonyl (C=O) groups is 1. The van der Waals surface area contributed by atoms with Crippen molar-refractivity contribution in [3.8, 4) is 0 Å². The molecular formula is C11H19NO. The zero-order valence-electron chi connectivity index (χ0n) is 9.00. The van der Waals surface area contributed by atoms with Gasteiger partial charge in [0, 0.05) is 6.04 Å². The van der Waals surface area contributed by atoms with Crippen molar-refractivity contribution >= 4 is 5.78 Å². The molecule has 0 fully saturated rings. The minimum atomic E-state index is 0.189. The van der Waals surface area contributed by atoms with Crippen molar-refractivity contribution in [1.29, 1.82) is 0 Å². The van der Waals surface area contributed by atoms with Gasteiger partial charge in [0.15, 0.2) is 0 Å². The average Bonchev–Trinajstić information content (AvgIpc) is 2.05. The number of carbonyl (C=O) groups excluding carboxylic acids is 1. The molecule has 0 aromatic carbocycles. The Balaban J connectivity index is 4.31. The van der Waals surface area contributed by atoms with Gasteiger partial charge in [0.2, 0.25) is 0 Å². The van der Waals surface area contributed by atoms with Crippen molar-refractivity contribution in [2.45, 2.75) is 26.8 Å². The van der Waals surface area contributed by atoms with Crippen molar-refractivity contribution < 1.29 is 4.79 Å². The van der Waals surface area contributed by atoms with Gasteiger partial charge in [0.05, 0.1) is 6.54 Å². The van der Waals surface area contributed by atoms with Crippen LogP contribution in [-0.2, 0) is 4.79 Å². The topological polar surface area (TPSA) is 20.3 Å². The summed E-state index contributed by atoms with van der Waals surface area (Å²) in [4.78, 5) is 12.9. The molecule has 0 aliphatic heterocycles. The van der Waals surface area contributed by atoms with Crippen molar-refractivity contribution in [3.63, 3.8) is 0 Å². The second-order valence-electron chi connectivity index (χ2n) is 3.29. The van der Waals surface area contributed by atoms with E-state index < -0.39 is 0 Å². The maximum Gasteiger partial charge on any atom is 0.143 e. The number of hydrogen-bond donors (Lipinski definition) is 0. The van der Waals surface area contributed by atoms with Crippen LogP contribution in [0, 0.1) is 0 Å². The predicted octanol–water partition coefficient (Wildman–Crippen LogP) is 2.03. The lowest BCUT2D eigenvalue weighted by atomic mass is 10.1. The molecule has 2 heteroatoms. The first kappa shape index (κ1) is 12.1. The summed E-state index contributed by atoms with van der Waals surface area (Å²) in [7, 11) is 1.94. The normalized spacial score (nSPS) is 14.4. The molecule has 0 rings (SSSR count). The molecule has 0 radical (unpaired) electrons. The van der Waals surface area contributed by atoms with Gasteiger partial charge < -0.3 is 0 Å². The van der Waals surface area contributed by atoms with Crippen LogP contribution in [0.4, 0.5) is 0 Å². The van der Waals surface area contributed by atoms with Crippen LogP contribution >= 0.6 is 0 Å². The summed E-state index contributed by atoms with van der Waals surface area (Å²) in [6.45, 7) is 9.88. The molecule has 2 nitrogen and oxygen atoms in total. The van der Waals surface area contributed by atoms with Gasteiger partial charge in [-0.25, -0.2) is 0 Å². The Morgan fingerprint density at radius 2 is 2.15 bits per heavy atom. The maximum atomic E-state index is 10.9. The molecule has 0 aromatic rings. The van der Waals surface area contributed by atoms with Crippen LogP contribution in [0.25, 0.3) is 0 Å². The number of nitrogens with zero attached hydrogens (tertiary/aromatic N) is 1. The van der Waals surface area contributed by atoms with E-state index in [0.29, 0.717) is 6.54 Å². The van der Waals surface area contributed by atoms with Gasteiger partial charge in [0.25, 0.3) is 0 Å². The molecule has 0 heterocycles. The van der Waals surface area contributed by atoms with Crippen molar-refractivity contribution in [2.24, 2.45) is 0 Å². The highest BCUT2D eigenvalue weighted by Crippen LogP contribution is 2.09. The molecule has 0 aliphatic carbocycles. The Morgan fingerprint density at radius 1 is 1.62 bits per heavy atom. The molecule has 0 amide bonds. The molecule has 0 saturated carbocycles. The Labute approximate surface area is 80.9 Å². The smallest absolute Gasteiger partial charge is 0.143 e. The van der Waals surface area contributed by atoms with Crippen LogP contribution in [0.5, 0.6) is 0 Å². The molecule has 1 atom stereocenters. The second kappa shape index (κ2) is 5.70. The van der Waals surface area contributed by atoms with E-state index in [-0.39, 0.29) is 11.8 Å². The fourth-order valence-corrected chi connectivity index (χ4v) is 1.27. The van der Waals surface area contributed by atoms with E-state index >= 15 is 0 Å². The van der Waals surface area contributed by atoms with Gasteiger partial charge >= 0.3 is 0 Å². The minimum Gasteiger partial charge on any atom is -0.299 e. The summed E-state index contributed by atoms with van der Waals surface area (Å²) in [5.41, 5.74) is 1.16. The molecule has 0 saturated heterocycles. The number of rotatable bonds is 5. The van der Waals surface area contributed by atoms with Crippen LogP contribution in [0.1, 0.15) is 20.8 Å². The predicted molar refractivity (Wildman–Crippen MR) is 56.7 cm³/mol. The zero-order chi connectivity index (χ0) is 10.4. The highest BCUT2D eigenvalue weighted by atomic mass is 16.1. The molecule has 13 heavy (non-hydrogen) atoms. The third kappa shape index (κ3) is 4.04. The van der Waals surface area contributed by atoms with E-state index in [9.17, 15) is 4.79 Å². The Kier molecular flexibility index (Phi) is 5.31. The number of likely N-dealkylation sites (N-methyl/N-ethyl adjacent to an activating group) is 1. The Hall–Kier alpha value is -0.890. The molecule has 74 valence electrons. The lowest BCUT2D eigenvalue weighted by molar-refractivity contribution is -0.118. The molecule has 0 N–H and O–H groups in total. The van der Waals surface area contributed by atoms with Gasteiger partial charge in [-0.05, 0) is 33.4 Å². The lowest BCUT2D eigenvalue weighted by Gasteiger charge is -2.24. The summed E-state index contributed by atoms with van der Waals surface area (Å²) >= 11 is 0. The first-order valence-electron chi connectivity index (χ1n) is 4.51. The average molecular weight is 181 g/mol. The molecule has 1 unspecified atom stereocenters. The summed E-state index contributed by atoms with van der Waals surface area (Å²) in [5.74, 6) is 0.189. The van der Waals surface area contributed by atoms with E-state index in [1.165, 1.54) is 0 Å². The first-order valence-corrected chi connectivity index (χ1v) is 4.51. The summed E-state index contributed by atoms with van der Waals surface area (Å²) in [6.07, 6.45) is 3.86. The quantitative estimate of drug-likeness (QED) is 0.605. The fourth-order valence-electron chi connectivity index (χ4n) is 1.27. The van der Waals surface area contributed by atoms with Crippen molar-refractivity contribution in [3.05, 3.63) is 24.3 Å². The standard InChI is InChI=1S/C11H19NO/c1-6-11(7-2)10(4)12(5)8-9(3)13/h6-7,10H,1,8H2,2-5H3/b11-7+. The Morgan fingerprint density at radius 3 is 2.46 bits per heavy atom. The Bertz CT molecular complexity index is 218. The van der Waals surface area contributed by atoms with Crippen molar-refractivity contribution in [1.82, 2.24) is 4.90 Å². The highest BCUT2D eigenvalue weighted by molar-refractivity contribution is 5.77. The molecule has 0 bridgehead atoms. The van der Waals surface area contributed by atoms with Gasteiger partial charge in [-0.1, -0.05) is 18.7 Å². The maximum absolute atomic E-state index is 10.9. The van der Waals surface area contributed by atoms with Crippen LogP contribution in [0.3, 0.4) is 0 Å². The van der Waals surface area contributed by atoms with Crippen LogP contribution in [-0.4, -0.2) is 30.3 Å². The molecule has 0 aromatic heterocycles. The molecule has 0 spiro atoms. The zero-order valence-corrected chi connectivity index (χ0v) is 9.00. The van der Waals surface area contributed by atoms with Gasteiger partial charge in [-0.3, -0.25) is 9.69 Å². The van der Waals surface area contributed by atoms with Gasteiger partial charge in [0.1, 0.15) is 5.78 Å². The van der Waals surface area contributed by atoms with E-state index in [0.717, 1.165) is 5.57 Å². The SMILES string of the molecule is C=C/C(=C\C)C(C)N(C)CC(C)=O. The summed E-state index contributed by atoms with van der Waals surface area (Å²) in [6, 6.07) is 0.256. The van der Waals surface area contributed by atoms with E-state index in [4.69, 9.17) is 0 Å². The summed E-state index contributed by atoms with van der Waals surface area (Å²) < 4.78 is 0. The van der Waals surface area contributed by atoms with E-state index in [1.807, 2.05) is 31.0 Å². The minimum absolute atomic E-state index is 0.189. The lowest BCUT2D eigenvalue weighted by Crippen LogP contribution is -2.33. The molecule has 0 aliphatic rings.